The minimum atomic E-state index is 0.836. The van der Waals surface area contributed by atoms with Crippen molar-refractivity contribution in [2.75, 3.05) is 18.5 Å². The number of benzene rings is 1. The monoisotopic (exact) mass is 249 g/mol. The summed E-state index contributed by atoms with van der Waals surface area (Å²) in [5.74, 6) is 0.979. The van der Waals surface area contributed by atoms with Crippen molar-refractivity contribution < 1.29 is 4.74 Å². The molecule has 0 saturated heterocycles. The predicted octanol–water partition coefficient (Wildman–Crippen LogP) is 4.86. The van der Waals surface area contributed by atoms with Crippen LogP contribution in [0, 0.1) is 0 Å². The molecule has 0 spiro atoms. The minimum Gasteiger partial charge on any atom is -0.494 e. The summed E-state index contributed by atoms with van der Waals surface area (Å²) in [7, 11) is 0. The lowest BCUT2D eigenvalue weighted by Gasteiger charge is -2.08. The fourth-order valence-electron chi connectivity index (χ4n) is 1.80. The van der Waals surface area contributed by atoms with E-state index >= 15 is 0 Å². The molecular weight excluding hydrogens is 222 g/mol. The van der Waals surface area contributed by atoms with Gasteiger partial charge in [0, 0.05) is 12.2 Å². The van der Waals surface area contributed by atoms with Gasteiger partial charge in [-0.15, -0.1) is 0 Å². The highest BCUT2D eigenvalue weighted by molar-refractivity contribution is 5.46. The predicted molar refractivity (Wildman–Crippen MR) is 79.5 cm³/mol. The van der Waals surface area contributed by atoms with E-state index in [1.165, 1.54) is 37.8 Å². The smallest absolute Gasteiger partial charge is 0.119 e. The van der Waals surface area contributed by atoms with Crippen LogP contribution < -0.4 is 10.1 Å². The van der Waals surface area contributed by atoms with Gasteiger partial charge in [0.1, 0.15) is 5.75 Å². The van der Waals surface area contributed by atoms with Gasteiger partial charge in [-0.2, -0.15) is 0 Å². The van der Waals surface area contributed by atoms with Gasteiger partial charge in [0.25, 0.3) is 0 Å². The van der Waals surface area contributed by atoms with Crippen LogP contribution in [0.15, 0.2) is 24.3 Å². The molecule has 0 aliphatic heterocycles. The van der Waals surface area contributed by atoms with Crippen LogP contribution in [0.2, 0.25) is 0 Å². The molecule has 0 fully saturated rings. The third-order valence-electron chi connectivity index (χ3n) is 2.98. The molecule has 1 rings (SSSR count). The zero-order valence-corrected chi connectivity index (χ0v) is 11.9. The van der Waals surface area contributed by atoms with Crippen LogP contribution in [-0.2, 0) is 0 Å². The lowest BCUT2D eigenvalue weighted by atomic mass is 10.2. The molecule has 1 aromatic rings. The second kappa shape index (κ2) is 9.81. The number of nitrogens with one attached hydrogen (secondary N) is 1. The van der Waals surface area contributed by atoms with Crippen LogP contribution in [0.5, 0.6) is 5.75 Å². The van der Waals surface area contributed by atoms with Crippen LogP contribution in [0.3, 0.4) is 0 Å². The van der Waals surface area contributed by atoms with Crippen LogP contribution in [-0.4, -0.2) is 13.2 Å². The number of hydrogen-bond donors (Lipinski definition) is 1. The Bertz CT molecular complexity index is 294. The maximum Gasteiger partial charge on any atom is 0.119 e. The van der Waals surface area contributed by atoms with Crippen molar-refractivity contribution in [3.05, 3.63) is 24.3 Å². The summed E-state index contributed by atoms with van der Waals surface area (Å²) in [6, 6.07) is 8.29. The van der Waals surface area contributed by atoms with Gasteiger partial charge < -0.3 is 10.1 Å². The molecule has 0 bridgehead atoms. The topological polar surface area (TPSA) is 21.3 Å². The molecule has 102 valence electrons. The standard InChI is InChI=1S/C16H27NO/c1-3-5-7-8-14-18-16-11-9-15(10-12-16)17-13-6-4-2/h9-12,17H,3-8,13-14H2,1-2H3. The molecule has 0 heterocycles. The Balaban J connectivity index is 2.19. The summed E-state index contributed by atoms with van der Waals surface area (Å²) in [4.78, 5) is 0. The third-order valence-corrected chi connectivity index (χ3v) is 2.98. The van der Waals surface area contributed by atoms with Crippen molar-refractivity contribution in [1.82, 2.24) is 0 Å². The molecule has 2 nitrogen and oxygen atoms in total. The highest BCUT2D eigenvalue weighted by Crippen LogP contribution is 2.16. The zero-order chi connectivity index (χ0) is 13.1. The van der Waals surface area contributed by atoms with Crippen molar-refractivity contribution in [1.29, 1.82) is 0 Å². The van der Waals surface area contributed by atoms with Crippen molar-refractivity contribution in [2.45, 2.75) is 52.4 Å². The molecule has 0 radical (unpaired) electrons. The van der Waals surface area contributed by atoms with Crippen LogP contribution >= 0.6 is 0 Å². The Morgan fingerprint density at radius 2 is 1.61 bits per heavy atom. The second-order valence-corrected chi connectivity index (χ2v) is 4.71. The maximum atomic E-state index is 5.71. The molecule has 1 aromatic carbocycles. The average molecular weight is 249 g/mol. The molecule has 0 atom stereocenters. The van der Waals surface area contributed by atoms with E-state index < -0.39 is 0 Å². The molecule has 0 aromatic heterocycles. The maximum absolute atomic E-state index is 5.71. The molecule has 0 unspecified atom stereocenters. The molecule has 0 saturated carbocycles. The Morgan fingerprint density at radius 3 is 2.28 bits per heavy atom. The summed E-state index contributed by atoms with van der Waals surface area (Å²) < 4.78 is 5.71. The van der Waals surface area contributed by atoms with Crippen molar-refractivity contribution >= 4 is 5.69 Å². The second-order valence-electron chi connectivity index (χ2n) is 4.71. The van der Waals surface area contributed by atoms with E-state index in [1.807, 2.05) is 12.1 Å². The summed E-state index contributed by atoms with van der Waals surface area (Å²) >= 11 is 0. The van der Waals surface area contributed by atoms with E-state index in [0.29, 0.717) is 0 Å². The van der Waals surface area contributed by atoms with E-state index in [9.17, 15) is 0 Å². The summed E-state index contributed by atoms with van der Waals surface area (Å²) in [6.07, 6.45) is 7.46. The van der Waals surface area contributed by atoms with Gasteiger partial charge in [0.2, 0.25) is 0 Å². The quantitative estimate of drug-likeness (QED) is 0.598. The van der Waals surface area contributed by atoms with Crippen LogP contribution in [0.4, 0.5) is 5.69 Å². The number of hydrogen-bond acceptors (Lipinski definition) is 2. The average Bonchev–Trinajstić information content (AvgIpc) is 2.40. The molecule has 2 heteroatoms. The lowest BCUT2D eigenvalue weighted by molar-refractivity contribution is 0.305. The highest BCUT2D eigenvalue weighted by atomic mass is 16.5. The molecule has 18 heavy (non-hydrogen) atoms. The van der Waals surface area contributed by atoms with Gasteiger partial charge in [0.05, 0.1) is 6.61 Å². The van der Waals surface area contributed by atoms with E-state index in [-0.39, 0.29) is 0 Å². The van der Waals surface area contributed by atoms with Gasteiger partial charge in [-0.3, -0.25) is 0 Å². The van der Waals surface area contributed by atoms with Gasteiger partial charge in [-0.05, 0) is 37.1 Å². The summed E-state index contributed by atoms with van der Waals surface area (Å²) in [6.45, 7) is 6.32. The number of rotatable bonds is 10. The fourth-order valence-corrected chi connectivity index (χ4v) is 1.80. The van der Waals surface area contributed by atoms with Gasteiger partial charge >= 0.3 is 0 Å². The van der Waals surface area contributed by atoms with Crippen LogP contribution in [0.1, 0.15) is 52.4 Å². The number of ether oxygens (including phenoxy) is 1. The van der Waals surface area contributed by atoms with Crippen LogP contribution in [0.25, 0.3) is 0 Å². The minimum absolute atomic E-state index is 0.836. The van der Waals surface area contributed by atoms with Gasteiger partial charge in [-0.25, -0.2) is 0 Å². The highest BCUT2D eigenvalue weighted by Gasteiger charge is 1.95. The zero-order valence-electron chi connectivity index (χ0n) is 11.9. The summed E-state index contributed by atoms with van der Waals surface area (Å²) in [5, 5.41) is 3.40. The first-order valence-corrected chi connectivity index (χ1v) is 7.33. The SMILES string of the molecule is CCCCCCOc1ccc(NCCCC)cc1. The number of unbranched alkanes of at least 4 members (excludes halogenated alkanes) is 4. The van der Waals surface area contributed by atoms with E-state index in [4.69, 9.17) is 4.74 Å². The van der Waals surface area contributed by atoms with Crippen molar-refractivity contribution in [2.24, 2.45) is 0 Å². The van der Waals surface area contributed by atoms with E-state index in [2.05, 4.69) is 31.3 Å². The third kappa shape index (κ3) is 6.53. The van der Waals surface area contributed by atoms with Gasteiger partial charge in [-0.1, -0.05) is 39.5 Å². The Labute approximate surface area is 112 Å². The Hall–Kier alpha value is -1.18. The van der Waals surface area contributed by atoms with E-state index in [0.717, 1.165) is 25.3 Å². The Morgan fingerprint density at radius 1 is 0.889 bits per heavy atom. The summed E-state index contributed by atoms with van der Waals surface area (Å²) in [5.41, 5.74) is 1.18. The first-order chi connectivity index (χ1) is 8.86. The first-order valence-electron chi connectivity index (χ1n) is 7.33. The largest absolute Gasteiger partial charge is 0.494 e. The Kier molecular flexibility index (Phi) is 8.11. The molecule has 1 N–H and O–H groups in total. The molecule has 0 amide bonds. The normalized spacial score (nSPS) is 10.3. The number of anilines is 1. The molecule has 0 aliphatic rings. The first kappa shape index (κ1) is 14.9. The van der Waals surface area contributed by atoms with Crippen molar-refractivity contribution in [3.8, 4) is 5.75 Å². The van der Waals surface area contributed by atoms with Gasteiger partial charge in [0.15, 0.2) is 0 Å². The molecular formula is C16H27NO. The van der Waals surface area contributed by atoms with Crippen molar-refractivity contribution in [3.63, 3.8) is 0 Å². The fraction of sp³-hybridized carbons (Fsp3) is 0.625. The molecule has 0 aliphatic carbocycles. The van der Waals surface area contributed by atoms with E-state index in [1.54, 1.807) is 0 Å². The lowest BCUT2D eigenvalue weighted by Crippen LogP contribution is -2.01.